The van der Waals surface area contributed by atoms with Crippen molar-refractivity contribution < 1.29 is 9.53 Å². The van der Waals surface area contributed by atoms with Crippen LogP contribution in [0.2, 0.25) is 0 Å². The Bertz CT molecular complexity index is 501. The van der Waals surface area contributed by atoms with Crippen LogP contribution in [0, 0.1) is 17.2 Å². The molecule has 0 bridgehead atoms. The van der Waals surface area contributed by atoms with Gasteiger partial charge in [0.05, 0.1) is 11.6 Å². The molecular weight excluding hydrogens is 264 g/mol. The highest BCUT2D eigenvalue weighted by Crippen LogP contribution is 2.15. The zero-order valence-corrected chi connectivity index (χ0v) is 13.5. The molecule has 0 saturated heterocycles. The highest BCUT2D eigenvalue weighted by atomic mass is 16.5. The Morgan fingerprint density at radius 3 is 2.19 bits per heavy atom. The Balaban J connectivity index is 2.73. The van der Waals surface area contributed by atoms with Crippen molar-refractivity contribution in [2.45, 2.75) is 46.8 Å². The van der Waals surface area contributed by atoms with Crippen LogP contribution in [0.15, 0.2) is 24.3 Å². The van der Waals surface area contributed by atoms with Crippen molar-refractivity contribution in [1.29, 1.82) is 5.26 Å². The molecule has 4 nitrogen and oxygen atoms in total. The molecule has 1 atom stereocenters. The summed E-state index contributed by atoms with van der Waals surface area (Å²) in [5.41, 5.74) is 0.574. The number of carbonyl (C=O) groups is 1. The Morgan fingerprint density at radius 2 is 1.76 bits per heavy atom. The first-order chi connectivity index (χ1) is 9.85. The summed E-state index contributed by atoms with van der Waals surface area (Å²) in [6, 6.07) is 8.99. The van der Waals surface area contributed by atoms with Crippen LogP contribution in [-0.2, 0) is 4.79 Å². The molecule has 0 N–H and O–H groups in total. The summed E-state index contributed by atoms with van der Waals surface area (Å²) >= 11 is 0. The molecule has 0 aliphatic heterocycles. The molecule has 1 aromatic rings. The molecule has 0 aliphatic carbocycles. The number of amides is 1. The fourth-order valence-corrected chi connectivity index (χ4v) is 2.04. The zero-order valence-electron chi connectivity index (χ0n) is 13.5. The van der Waals surface area contributed by atoms with Crippen LogP contribution in [0.1, 0.15) is 40.2 Å². The van der Waals surface area contributed by atoms with Gasteiger partial charge in [0.15, 0.2) is 6.10 Å². The van der Waals surface area contributed by atoms with Crippen molar-refractivity contribution >= 4 is 5.91 Å². The van der Waals surface area contributed by atoms with Crippen LogP contribution in [0.5, 0.6) is 5.75 Å². The minimum Gasteiger partial charge on any atom is -0.481 e. The molecule has 0 aromatic heterocycles. The van der Waals surface area contributed by atoms with Crippen molar-refractivity contribution in [3.63, 3.8) is 0 Å². The molecule has 0 aliphatic rings. The molecule has 0 fully saturated rings. The van der Waals surface area contributed by atoms with Crippen LogP contribution in [-0.4, -0.2) is 29.5 Å². The molecule has 0 heterocycles. The molecule has 1 rings (SSSR count). The van der Waals surface area contributed by atoms with Crippen LogP contribution in [0.25, 0.3) is 0 Å². The number of carbonyl (C=O) groups excluding carboxylic acids is 1. The standard InChI is InChI=1S/C17H24N2O2/c1-12(2)11-19(13(3)4)17(20)14(5)21-16-8-6-15(10-18)7-9-16/h6-9,12-14H,11H2,1-5H3. The second kappa shape index (κ2) is 7.68. The first-order valence-corrected chi connectivity index (χ1v) is 7.32. The fourth-order valence-electron chi connectivity index (χ4n) is 2.04. The summed E-state index contributed by atoms with van der Waals surface area (Å²) in [6.07, 6.45) is -0.543. The lowest BCUT2D eigenvalue weighted by atomic mass is 10.1. The van der Waals surface area contributed by atoms with E-state index in [1.54, 1.807) is 31.2 Å². The molecule has 4 heteroatoms. The average molecular weight is 288 g/mol. The van der Waals surface area contributed by atoms with E-state index >= 15 is 0 Å². The van der Waals surface area contributed by atoms with Gasteiger partial charge in [-0.05, 0) is 51.0 Å². The summed E-state index contributed by atoms with van der Waals surface area (Å²) in [7, 11) is 0. The second-order valence-electron chi connectivity index (χ2n) is 5.87. The highest BCUT2D eigenvalue weighted by molar-refractivity contribution is 5.81. The lowest BCUT2D eigenvalue weighted by Crippen LogP contribution is -2.46. The van der Waals surface area contributed by atoms with E-state index in [1.807, 2.05) is 18.7 Å². The quantitative estimate of drug-likeness (QED) is 0.807. The molecule has 0 radical (unpaired) electrons. The monoisotopic (exact) mass is 288 g/mol. The number of nitrogens with zero attached hydrogens (tertiary/aromatic N) is 2. The van der Waals surface area contributed by atoms with Gasteiger partial charge in [-0.3, -0.25) is 4.79 Å². The predicted molar refractivity (Wildman–Crippen MR) is 82.9 cm³/mol. The number of hydrogen-bond donors (Lipinski definition) is 0. The SMILES string of the molecule is CC(C)CN(C(=O)C(C)Oc1ccc(C#N)cc1)C(C)C. The fraction of sp³-hybridized carbons (Fsp3) is 0.529. The van der Waals surface area contributed by atoms with Crippen LogP contribution in [0.4, 0.5) is 0 Å². The molecule has 114 valence electrons. The second-order valence-corrected chi connectivity index (χ2v) is 5.87. The maximum atomic E-state index is 12.5. The summed E-state index contributed by atoms with van der Waals surface area (Å²) in [5, 5.41) is 8.76. The Morgan fingerprint density at radius 1 is 1.19 bits per heavy atom. The van der Waals surface area contributed by atoms with Gasteiger partial charge in [0, 0.05) is 12.6 Å². The minimum atomic E-state index is -0.543. The third kappa shape index (κ3) is 5.11. The molecule has 0 spiro atoms. The van der Waals surface area contributed by atoms with Crippen LogP contribution >= 0.6 is 0 Å². The number of rotatable bonds is 6. The molecular formula is C17H24N2O2. The number of nitriles is 1. The van der Waals surface area contributed by atoms with Gasteiger partial charge in [0.25, 0.3) is 5.91 Å². The van der Waals surface area contributed by atoms with Gasteiger partial charge >= 0.3 is 0 Å². The van der Waals surface area contributed by atoms with E-state index in [2.05, 4.69) is 19.9 Å². The largest absolute Gasteiger partial charge is 0.481 e. The molecule has 1 unspecified atom stereocenters. The van der Waals surface area contributed by atoms with E-state index in [4.69, 9.17) is 10.00 Å². The summed E-state index contributed by atoms with van der Waals surface area (Å²) in [6.45, 7) is 10.7. The number of ether oxygens (including phenoxy) is 1. The predicted octanol–water partition coefficient (Wildman–Crippen LogP) is 3.22. The highest BCUT2D eigenvalue weighted by Gasteiger charge is 2.24. The van der Waals surface area contributed by atoms with E-state index in [1.165, 1.54) is 0 Å². The minimum absolute atomic E-state index is 0.0111. The summed E-state index contributed by atoms with van der Waals surface area (Å²) in [4.78, 5) is 14.3. The smallest absolute Gasteiger partial charge is 0.263 e. The van der Waals surface area contributed by atoms with Crippen molar-refractivity contribution in [3.05, 3.63) is 29.8 Å². The first-order valence-electron chi connectivity index (χ1n) is 7.32. The first kappa shape index (κ1) is 17.0. The van der Waals surface area contributed by atoms with Gasteiger partial charge in [-0.1, -0.05) is 13.8 Å². The van der Waals surface area contributed by atoms with Crippen LogP contribution < -0.4 is 4.74 Å². The Hall–Kier alpha value is -2.02. The topological polar surface area (TPSA) is 53.3 Å². The van der Waals surface area contributed by atoms with E-state index in [9.17, 15) is 4.79 Å². The zero-order chi connectivity index (χ0) is 16.0. The third-order valence-corrected chi connectivity index (χ3v) is 3.11. The molecule has 21 heavy (non-hydrogen) atoms. The summed E-state index contributed by atoms with van der Waals surface area (Å²) in [5.74, 6) is 1.00. The van der Waals surface area contributed by atoms with Gasteiger partial charge in [-0.15, -0.1) is 0 Å². The van der Waals surface area contributed by atoms with Crippen molar-refractivity contribution in [2.24, 2.45) is 5.92 Å². The molecule has 0 saturated carbocycles. The van der Waals surface area contributed by atoms with Crippen molar-refractivity contribution in [2.75, 3.05) is 6.54 Å². The molecule has 1 amide bonds. The van der Waals surface area contributed by atoms with Gasteiger partial charge in [0.2, 0.25) is 0 Å². The maximum absolute atomic E-state index is 12.5. The number of benzene rings is 1. The van der Waals surface area contributed by atoms with E-state index in [-0.39, 0.29) is 11.9 Å². The van der Waals surface area contributed by atoms with E-state index in [0.29, 0.717) is 17.2 Å². The molecule has 1 aromatic carbocycles. The van der Waals surface area contributed by atoms with Gasteiger partial charge in [-0.2, -0.15) is 5.26 Å². The Kier molecular flexibility index (Phi) is 6.23. The Labute approximate surface area is 127 Å². The van der Waals surface area contributed by atoms with Gasteiger partial charge in [0.1, 0.15) is 5.75 Å². The lowest BCUT2D eigenvalue weighted by Gasteiger charge is -2.31. The van der Waals surface area contributed by atoms with E-state index in [0.717, 1.165) is 6.54 Å². The lowest BCUT2D eigenvalue weighted by molar-refractivity contribution is -0.140. The van der Waals surface area contributed by atoms with Crippen LogP contribution in [0.3, 0.4) is 0 Å². The third-order valence-electron chi connectivity index (χ3n) is 3.11. The van der Waals surface area contributed by atoms with E-state index < -0.39 is 6.10 Å². The van der Waals surface area contributed by atoms with Gasteiger partial charge in [-0.25, -0.2) is 0 Å². The van der Waals surface area contributed by atoms with Crippen molar-refractivity contribution in [3.8, 4) is 11.8 Å². The van der Waals surface area contributed by atoms with Crippen molar-refractivity contribution in [1.82, 2.24) is 4.90 Å². The normalized spacial score (nSPS) is 12.1. The van der Waals surface area contributed by atoms with Gasteiger partial charge < -0.3 is 9.64 Å². The maximum Gasteiger partial charge on any atom is 0.263 e. The summed E-state index contributed by atoms with van der Waals surface area (Å²) < 4.78 is 5.69. The average Bonchev–Trinajstić information content (AvgIpc) is 2.44. The number of hydrogen-bond acceptors (Lipinski definition) is 3.